The van der Waals surface area contributed by atoms with Crippen LogP contribution in [0, 0.1) is 11.8 Å². The van der Waals surface area contributed by atoms with Crippen LogP contribution in [0.15, 0.2) is 9.05 Å². The molecule has 12 nitrogen and oxygen atoms in total. The molecule has 0 saturated heterocycles. The van der Waals surface area contributed by atoms with Gasteiger partial charge < -0.3 is 29.5 Å². The van der Waals surface area contributed by atoms with Gasteiger partial charge in [-0.3, -0.25) is 9.59 Å². The van der Waals surface area contributed by atoms with E-state index in [0.29, 0.717) is 55.0 Å². The van der Waals surface area contributed by atoms with Crippen LogP contribution in [0.25, 0.3) is 0 Å². The Morgan fingerprint density at radius 1 is 0.696 bits per heavy atom. The van der Waals surface area contributed by atoms with E-state index < -0.39 is 11.6 Å². The number of esters is 1. The van der Waals surface area contributed by atoms with Crippen LogP contribution in [0.5, 0.6) is 0 Å². The number of nitrogens with one attached hydrogen (secondary N) is 2. The van der Waals surface area contributed by atoms with Crippen molar-refractivity contribution < 1.29 is 28.5 Å². The van der Waals surface area contributed by atoms with Crippen LogP contribution in [-0.2, 0) is 27.4 Å². The van der Waals surface area contributed by atoms with Crippen LogP contribution in [-0.4, -0.2) is 55.0 Å². The van der Waals surface area contributed by atoms with E-state index in [9.17, 15) is 14.7 Å². The van der Waals surface area contributed by atoms with Gasteiger partial charge in [0.2, 0.25) is 11.8 Å². The molecule has 2 saturated carbocycles. The van der Waals surface area contributed by atoms with Crippen LogP contribution in [0.1, 0.15) is 225 Å². The fourth-order valence-electron chi connectivity index (χ4n) is 8.31. The topological polar surface area (TPSA) is 166 Å². The monoisotopic (exact) mass is 787 g/mol. The Kier molecular flexibility index (Phi) is 22.2. The SMILES string of the molecule is CCC(CC)NCc1noc([C@H](CCCC2CCCCC2)CC(=O)O)n1.CCC(CC)NCc1noc([C@H](CCCC2CCCCC2)CC(=O)OC(C)(C)C)n1. The molecule has 2 aliphatic rings. The highest BCUT2D eigenvalue weighted by Crippen LogP contribution is 2.33. The highest BCUT2D eigenvalue weighted by atomic mass is 16.6. The summed E-state index contributed by atoms with van der Waals surface area (Å²) in [5.74, 6) is 2.75. The van der Waals surface area contributed by atoms with Crippen LogP contribution >= 0.6 is 0 Å². The zero-order valence-corrected chi connectivity index (χ0v) is 36.2. The first-order chi connectivity index (χ1) is 26.9. The number of hydrogen-bond acceptors (Lipinski definition) is 11. The maximum atomic E-state index is 12.5. The maximum absolute atomic E-state index is 12.5. The van der Waals surface area contributed by atoms with Gasteiger partial charge in [-0.05, 0) is 71.1 Å². The van der Waals surface area contributed by atoms with E-state index >= 15 is 0 Å². The van der Waals surface area contributed by atoms with E-state index in [1.54, 1.807) is 0 Å². The predicted octanol–water partition coefficient (Wildman–Crippen LogP) is 10.6. The van der Waals surface area contributed by atoms with Gasteiger partial charge in [0.1, 0.15) is 5.60 Å². The Morgan fingerprint density at radius 2 is 1.11 bits per heavy atom. The number of carboxylic acid groups (broad SMARTS) is 1. The summed E-state index contributed by atoms with van der Waals surface area (Å²) in [6.07, 6.45) is 24.4. The minimum atomic E-state index is -0.803. The smallest absolute Gasteiger partial charge is 0.307 e. The molecule has 0 radical (unpaired) electrons. The van der Waals surface area contributed by atoms with E-state index in [2.05, 4.69) is 58.6 Å². The average molecular weight is 787 g/mol. The number of ether oxygens (including phenoxy) is 1. The highest BCUT2D eigenvalue weighted by Gasteiger charge is 2.27. The molecule has 2 aromatic heterocycles. The lowest BCUT2D eigenvalue weighted by molar-refractivity contribution is -0.155. The Bertz CT molecular complexity index is 1340. The van der Waals surface area contributed by atoms with Crippen molar-refractivity contribution in [2.45, 2.75) is 232 Å². The molecule has 2 atom stereocenters. The summed E-state index contributed by atoms with van der Waals surface area (Å²) < 4.78 is 16.6. The number of carbonyl (C=O) groups excluding carboxylic acids is 1. The van der Waals surface area contributed by atoms with Crippen molar-refractivity contribution in [3.05, 3.63) is 23.4 Å². The molecular weight excluding hydrogens is 709 g/mol. The summed E-state index contributed by atoms with van der Waals surface area (Å²) in [6, 6.07) is 0.905. The van der Waals surface area contributed by atoms with E-state index in [-0.39, 0.29) is 24.2 Å². The second-order valence-electron chi connectivity index (χ2n) is 17.5. The quantitative estimate of drug-likeness (QED) is 0.0863. The number of aromatic nitrogens is 4. The minimum Gasteiger partial charge on any atom is -0.481 e. The Morgan fingerprint density at radius 3 is 1.48 bits per heavy atom. The van der Waals surface area contributed by atoms with Gasteiger partial charge in [0.05, 0.1) is 25.9 Å². The van der Waals surface area contributed by atoms with Crippen LogP contribution in [0.4, 0.5) is 0 Å². The summed E-state index contributed by atoms with van der Waals surface area (Å²) in [5, 5.41) is 24.3. The first-order valence-corrected chi connectivity index (χ1v) is 22.5. The maximum Gasteiger partial charge on any atom is 0.307 e. The van der Waals surface area contributed by atoms with Gasteiger partial charge >= 0.3 is 11.9 Å². The number of carboxylic acids is 1. The van der Waals surface area contributed by atoms with E-state index in [1.807, 2.05) is 20.8 Å². The second-order valence-corrected chi connectivity index (χ2v) is 17.5. The molecule has 0 bridgehead atoms. The zero-order valence-electron chi connectivity index (χ0n) is 36.2. The number of nitrogens with zero attached hydrogens (tertiary/aromatic N) is 4. The standard InChI is InChI=1S/C24H43N3O3.C20H35N3O3/c1-6-20(7-2)25-17-21-26-23(30-27-21)19(16-22(28)29-24(3,4)5)15-11-14-18-12-9-8-10-13-18;1-3-17(4-2)21-14-18-22-20(26-23-18)16(13-19(24)25)12-8-11-15-9-6-5-7-10-15/h18-20,25H,6-17H2,1-5H3;15-17,21H,3-14H2,1-2H3,(H,24,25)/t19-;16-/m11/s1. The number of aliphatic carboxylic acids is 1. The Labute approximate surface area is 338 Å². The van der Waals surface area contributed by atoms with Crippen molar-refractivity contribution in [2.75, 3.05) is 0 Å². The lowest BCUT2D eigenvalue weighted by Gasteiger charge is -2.23. The molecule has 2 aromatic rings. The molecule has 12 heteroatoms. The van der Waals surface area contributed by atoms with Crippen molar-refractivity contribution in [1.29, 1.82) is 0 Å². The lowest BCUT2D eigenvalue weighted by Crippen LogP contribution is -2.27. The number of carbonyl (C=O) groups is 2. The van der Waals surface area contributed by atoms with Crippen LogP contribution < -0.4 is 10.6 Å². The third-order valence-corrected chi connectivity index (χ3v) is 11.8. The zero-order chi connectivity index (χ0) is 40.8. The van der Waals surface area contributed by atoms with Gasteiger partial charge in [-0.15, -0.1) is 0 Å². The molecule has 56 heavy (non-hydrogen) atoms. The van der Waals surface area contributed by atoms with Gasteiger partial charge in [-0.1, -0.05) is 128 Å². The van der Waals surface area contributed by atoms with Crippen molar-refractivity contribution in [2.24, 2.45) is 11.8 Å². The van der Waals surface area contributed by atoms with E-state index in [4.69, 9.17) is 13.8 Å². The van der Waals surface area contributed by atoms with Crippen molar-refractivity contribution in [3.63, 3.8) is 0 Å². The summed E-state index contributed by atoms with van der Waals surface area (Å²) in [4.78, 5) is 32.8. The average Bonchev–Trinajstić information content (AvgIpc) is 3.86. The molecular formula is C44H78N6O6. The molecule has 3 N–H and O–H groups in total. The van der Waals surface area contributed by atoms with E-state index in [0.717, 1.165) is 63.2 Å². The van der Waals surface area contributed by atoms with Crippen LogP contribution in [0.2, 0.25) is 0 Å². The fraction of sp³-hybridized carbons (Fsp3) is 0.864. The Balaban J connectivity index is 0.000000303. The summed E-state index contributed by atoms with van der Waals surface area (Å²) in [6.45, 7) is 15.5. The lowest BCUT2D eigenvalue weighted by atomic mass is 9.84. The summed E-state index contributed by atoms with van der Waals surface area (Å²) in [5.41, 5.74) is -0.483. The van der Waals surface area contributed by atoms with Crippen molar-refractivity contribution >= 4 is 11.9 Å². The second kappa shape index (κ2) is 26.2. The minimum absolute atomic E-state index is 0.0618. The highest BCUT2D eigenvalue weighted by molar-refractivity contribution is 5.70. The number of rotatable bonds is 24. The Hall–Kier alpha value is -2.86. The van der Waals surface area contributed by atoms with Crippen molar-refractivity contribution in [3.8, 4) is 0 Å². The largest absolute Gasteiger partial charge is 0.481 e. The number of hydrogen-bond donors (Lipinski definition) is 3. The van der Waals surface area contributed by atoms with Crippen LogP contribution in [0.3, 0.4) is 0 Å². The van der Waals surface area contributed by atoms with Gasteiger partial charge in [-0.25, -0.2) is 0 Å². The van der Waals surface area contributed by atoms with Gasteiger partial charge in [0.15, 0.2) is 11.6 Å². The van der Waals surface area contributed by atoms with E-state index in [1.165, 1.54) is 77.0 Å². The predicted molar refractivity (Wildman–Crippen MR) is 220 cm³/mol. The molecule has 0 aliphatic heterocycles. The third-order valence-electron chi connectivity index (χ3n) is 11.8. The van der Waals surface area contributed by atoms with Gasteiger partial charge in [0, 0.05) is 23.9 Å². The molecule has 0 aromatic carbocycles. The van der Waals surface area contributed by atoms with Gasteiger partial charge in [0.25, 0.3) is 0 Å². The third kappa shape index (κ3) is 19.1. The molecule has 2 heterocycles. The molecule has 0 amide bonds. The summed E-state index contributed by atoms with van der Waals surface area (Å²) in [7, 11) is 0. The molecule has 0 unspecified atom stereocenters. The van der Waals surface area contributed by atoms with Gasteiger partial charge in [-0.2, -0.15) is 9.97 Å². The normalized spacial score (nSPS) is 16.8. The first kappa shape index (κ1) is 47.5. The summed E-state index contributed by atoms with van der Waals surface area (Å²) >= 11 is 0. The fourth-order valence-corrected chi connectivity index (χ4v) is 8.31. The molecule has 2 fully saturated rings. The molecule has 320 valence electrons. The molecule has 0 spiro atoms. The molecule has 4 rings (SSSR count). The van der Waals surface area contributed by atoms with Crippen molar-refractivity contribution in [1.82, 2.24) is 30.9 Å². The first-order valence-electron chi connectivity index (χ1n) is 22.5. The molecule has 2 aliphatic carbocycles.